The van der Waals surface area contributed by atoms with Gasteiger partial charge in [-0.3, -0.25) is 9.59 Å². The van der Waals surface area contributed by atoms with E-state index in [0.29, 0.717) is 47.3 Å². The topological polar surface area (TPSA) is 86.8 Å². The average molecular weight is 530 g/mol. The van der Waals surface area contributed by atoms with Crippen LogP contribution in [0.4, 0.5) is 5.69 Å². The first-order chi connectivity index (χ1) is 17.0. The highest BCUT2D eigenvalue weighted by Crippen LogP contribution is 2.41. The number of nitrogens with one attached hydrogen (secondary N) is 1. The minimum Gasteiger partial charge on any atom is -0.339 e. The normalized spacial score (nSPS) is 18.2. The number of hydrogen-bond acceptors (Lipinski definition) is 4. The Bertz CT molecular complexity index is 1310. The fourth-order valence-corrected chi connectivity index (χ4v) is 7.02. The van der Waals surface area contributed by atoms with E-state index in [9.17, 15) is 18.0 Å². The number of anilines is 1. The van der Waals surface area contributed by atoms with E-state index in [2.05, 4.69) is 5.32 Å². The molecule has 2 aromatic carbocycles. The predicted octanol–water partition coefficient (Wildman–Crippen LogP) is 4.63. The van der Waals surface area contributed by atoms with Gasteiger partial charge in [-0.15, -0.1) is 0 Å². The van der Waals surface area contributed by atoms with Crippen LogP contribution in [-0.4, -0.2) is 55.6 Å². The maximum atomic E-state index is 13.3. The summed E-state index contributed by atoms with van der Waals surface area (Å²) in [6.45, 7) is 7.32. The van der Waals surface area contributed by atoms with Gasteiger partial charge in [0.05, 0.1) is 4.90 Å². The molecule has 0 saturated carbocycles. The van der Waals surface area contributed by atoms with Crippen molar-refractivity contribution < 1.29 is 18.0 Å². The molecule has 0 aromatic heterocycles. The molecule has 2 amide bonds. The molecule has 1 N–H and O–H groups in total. The zero-order chi connectivity index (χ0) is 26.1. The van der Waals surface area contributed by atoms with Crippen molar-refractivity contribution in [2.24, 2.45) is 5.41 Å². The maximum absolute atomic E-state index is 13.3. The molecule has 36 heavy (non-hydrogen) atoms. The summed E-state index contributed by atoms with van der Waals surface area (Å²) in [5.74, 6) is -0.313. The number of piperidine rings is 1. The molecule has 0 atom stereocenters. The van der Waals surface area contributed by atoms with Crippen LogP contribution in [0.5, 0.6) is 0 Å². The first-order valence-electron chi connectivity index (χ1n) is 12.1. The van der Waals surface area contributed by atoms with Crippen LogP contribution in [0.3, 0.4) is 0 Å². The summed E-state index contributed by atoms with van der Waals surface area (Å²) in [4.78, 5) is 26.7. The molecule has 0 aliphatic carbocycles. The van der Waals surface area contributed by atoms with E-state index in [-0.39, 0.29) is 17.2 Å². The number of benzene rings is 2. The van der Waals surface area contributed by atoms with Gasteiger partial charge in [-0.1, -0.05) is 29.8 Å². The fourth-order valence-electron chi connectivity index (χ4n) is 5.09. The van der Waals surface area contributed by atoms with Crippen LogP contribution in [0.2, 0.25) is 5.02 Å². The molecule has 0 radical (unpaired) electrons. The molecule has 4 rings (SSSR count). The predicted molar refractivity (Wildman–Crippen MR) is 142 cm³/mol. The van der Waals surface area contributed by atoms with E-state index < -0.39 is 10.0 Å². The minimum atomic E-state index is -3.54. The van der Waals surface area contributed by atoms with E-state index >= 15 is 0 Å². The van der Waals surface area contributed by atoms with Crippen LogP contribution in [0.15, 0.2) is 47.4 Å². The first-order valence-corrected chi connectivity index (χ1v) is 13.9. The number of amides is 2. The number of sulfonamides is 1. The molecule has 2 aliphatic rings. The lowest BCUT2D eigenvalue weighted by Gasteiger charge is -2.38. The lowest BCUT2D eigenvalue weighted by atomic mass is 9.78. The second kappa shape index (κ2) is 10.4. The molecule has 0 bridgehead atoms. The van der Waals surface area contributed by atoms with Crippen molar-refractivity contribution in [1.29, 1.82) is 0 Å². The lowest BCUT2D eigenvalue weighted by Crippen LogP contribution is -2.44. The molecule has 0 unspecified atom stereocenters. The van der Waals surface area contributed by atoms with Crippen molar-refractivity contribution in [1.82, 2.24) is 9.21 Å². The van der Waals surface area contributed by atoms with E-state index in [1.807, 2.05) is 30.9 Å². The van der Waals surface area contributed by atoms with Gasteiger partial charge in [-0.05, 0) is 79.5 Å². The third-order valence-electron chi connectivity index (χ3n) is 7.23. The van der Waals surface area contributed by atoms with Gasteiger partial charge in [-0.25, -0.2) is 8.42 Å². The standard InChI is InChI=1S/C27H32ClN3O4S/c1-19-4-5-20(2)25(16-19)36(34,35)31-14-11-27(12-15-31)10-13-30(18-27)26(33)9-7-22-6-8-23(28)17-24(22)29-21(3)32/h4-9,16-17H,10-15,18H2,1-3H3,(H,29,32)/b9-7+. The molecule has 192 valence electrons. The highest BCUT2D eigenvalue weighted by atomic mass is 35.5. The van der Waals surface area contributed by atoms with Gasteiger partial charge < -0.3 is 10.2 Å². The second-order valence-electron chi connectivity index (χ2n) is 9.93. The summed E-state index contributed by atoms with van der Waals surface area (Å²) in [6, 6.07) is 10.6. The summed E-state index contributed by atoms with van der Waals surface area (Å²) in [5, 5.41) is 3.23. The van der Waals surface area contributed by atoms with Crippen LogP contribution in [0.25, 0.3) is 6.08 Å². The zero-order valence-corrected chi connectivity index (χ0v) is 22.5. The van der Waals surface area contributed by atoms with Gasteiger partial charge in [0.1, 0.15) is 0 Å². The van der Waals surface area contributed by atoms with Crippen molar-refractivity contribution >= 4 is 45.2 Å². The van der Waals surface area contributed by atoms with E-state index in [1.165, 1.54) is 13.0 Å². The number of rotatable bonds is 5. The number of hydrogen-bond donors (Lipinski definition) is 1. The molecule has 2 saturated heterocycles. The number of aryl methyl sites for hydroxylation is 2. The van der Waals surface area contributed by atoms with Crippen LogP contribution in [-0.2, 0) is 19.6 Å². The molecule has 2 aromatic rings. The molecule has 2 fully saturated rings. The van der Waals surface area contributed by atoms with E-state index in [1.54, 1.807) is 34.6 Å². The van der Waals surface area contributed by atoms with Crippen LogP contribution >= 0.6 is 11.6 Å². The second-order valence-corrected chi connectivity index (χ2v) is 12.3. The average Bonchev–Trinajstić information content (AvgIpc) is 3.23. The highest BCUT2D eigenvalue weighted by Gasteiger charge is 2.44. The summed E-state index contributed by atoms with van der Waals surface area (Å²) in [5.41, 5.74) is 2.87. The van der Waals surface area contributed by atoms with Crippen molar-refractivity contribution in [3.8, 4) is 0 Å². The number of carbonyl (C=O) groups is 2. The monoisotopic (exact) mass is 529 g/mol. The highest BCUT2D eigenvalue weighted by molar-refractivity contribution is 7.89. The maximum Gasteiger partial charge on any atom is 0.246 e. The number of nitrogens with zero attached hydrogens (tertiary/aromatic N) is 2. The summed E-state index contributed by atoms with van der Waals surface area (Å²) >= 11 is 6.05. The first kappa shape index (κ1) is 26.4. The molecule has 2 aliphatic heterocycles. The van der Waals surface area contributed by atoms with Crippen LogP contribution in [0, 0.1) is 19.3 Å². The van der Waals surface area contributed by atoms with Crippen molar-refractivity contribution in [3.63, 3.8) is 0 Å². The summed E-state index contributed by atoms with van der Waals surface area (Å²) in [7, 11) is -3.54. The fraction of sp³-hybridized carbons (Fsp3) is 0.407. The van der Waals surface area contributed by atoms with Crippen molar-refractivity contribution in [2.75, 3.05) is 31.5 Å². The molecular formula is C27H32ClN3O4S. The third kappa shape index (κ3) is 5.66. The summed E-state index contributed by atoms with van der Waals surface area (Å²) < 4.78 is 28.2. The Balaban J connectivity index is 1.40. The molecule has 2 heterocycles. The van der Waals surface area contributed by atoms with Gasteiger partial charge in [0.15, 0.2) is 0 Å². The lowest BCUT2D eigenvalue weighted by molar-refractivity contribution is -0.125. The van der Waals surface area contributed by atoms with Crippen molar-refractivity contribution in [2.45, 2.75) is 44.9 Å². The van der Waals surface area contributed by atoms with Gasteiger partial charge in [0, 0.05) is 49.9 Å². The van der Waals surface area contributed by atoms with E-state index in [4.69, 9.17) is 11.6 Å². The smallest absolute Gasteiger partial charge is 0.246 e. The van der Waals surface area contributed by atoms with Gasteiger partial charge in [0.25, 0.3) is 0 Å². The van der Waals surface area contributed by atoms with Gasteiger partial charge >= 0.3 is 0 Å². The molecule has 1 spiro atoms. The Kier molecular flexibility index (Phi) is 7.59. The van der Waals surface area contributed by atoms with Crippen molar-refractivity contribution in [3.05, 3.63) is 64.2 Å². The minimum absolute atomic E-state index is 0.0568. The molecule has 7 nitrogen and oxygen atoms in total. The SMILES string of the molecule is CC(=O)Nc1cc(Cl)ccc1/C=C/C(=O)N1CCC2(CCN(S(=O)(=O)c3cc(C)ccc3C)CC2)C1. The Hall–Kier alpha value is -2.68. The summed E-state index contributed by atoms with van der Waals surface area (Å²) in [6.07, 6.45) is 5.53. The van der Waals surface area contributed by atoms with Crippen LogP contribution in [0.1, 0.15) is 42.9 Å². The largest absolute Gasteiger partial charge is 0.339 e. The van der Waals surface area contributed by atoms with Crippen LogP contribution < -0.4 is 5.32 Å². The molecular weight excluding hydrogens is 498 g/mol. The zero-order valence-electron chi connectivity index (χ0n) is 20.9. The Morgan fingerprint density at radius 1 is 1.03 bits per heavy atom. The number of carbonyl (C=O) groups excluding carboxylic acids is 2. The quantitative estimate of drug-likeness (QED) is 0.572. The Morgan fingerprint density at radius 2 is 1.72 bits per heavy atom. The number of likely N-dealkylation sites (tertiary alicyclic amines) is 1. The third-order valence-corrected chi connectivity index (χ3v) is 9.50. The van der Waals surface area contributed by atoms with E-state index in [0.717, 1.165) is 30.4 Å². The molecule has 9 heteroatoms. The Labute approximate surface area is 218 Å². The van der Waals surface area contributed by atoms with Gasteiger partial charge in [0.2, 0.25) is 21.8 Å². The number of halogens is 1. The Morgan fingerprint density at radius 3 is 2.42 bits per heavy atom. The van der Waals surface area contributed by atoms with Gasteiger partial charge in [-0.2, -0.15) is 4.31 Å².